The van der Waals surface area contributed by atoms with E-state index in [9.17, 15) is 0 Å². The zero-order valence-corrected chi connectivity index (χ0v) is 10.6. The van der Waals surface area contributed by atoms with Crippen LogP contribution in [-0.2, 0) is 4.74 Å². The van der Waals surface area contributed by atoms with Crippen LogP contribution in [0.1, 0.15) is 18.5 Å². The third-order valence-corrected chi connectivity index (χ3v) is 2.89. The van der Waals surface area contributed by atoms with Crippen molar-refractivity contribution < 1.29 is 4.74 Å². The van der Waals surface area contributed by atoms with Gasteiger partial charge in [-0.3, -0.25) is 0 Å². The Morgan fingerprint density at radius 1 is 1.65 bits per heavy atom. The van der Waals surface area contributed by atoms with Crippen molar-refractivity contribution in [2.75, 3.05) is 25.2 Å². The van der Waals surface area contributed by atoms with Gasteiger partial charge in [-0.15, -0.1) is 0 Å². The van der Waals surface area contributed by atoms with Crippen molar-refractivity contribution in [3.63, 3.8) is 0 Å². The highest BCUT2D eigenvalue weighted by molar-refractivity contribution is 7.80. The van der Waals surface area contributed by atoms with Crippen LogP contribution < -0.4 is 10.6 Å². The summed E-state index contributed by atoms with van der Waals surface area (Å²) in [6, 6.07) is 2.26. The molecule has 0 aromatic carbocycles. The van der Waals surface area contributed by atoms with Gasteiger partial charge in [0.05, 0.1) is 6.61 Å². The molecule has 2 rings (SSSR count). The standard InChI is InChI=1S/C11H16N4OS/c1-16-7-6-15(8-2-3-8)11-13-5-4-9(14-11)10(12)17/h4-5,8H,2-3,6-7H2,1H3,(H2,12,17). The molecule has 1 aromatic heterocycles. The van der Waals surface area contributed by atoms with Gasteiger partial charge < -0.3 is 15.4 Å². The minimum absolute atomic E-state index is 0.302. The first-order valence-electron chi connectivity index (χ1n) is 5.61. The van der Waals surface area contributed by atoms with Crippen LogP contribution in [0.25, 0.3) is 0 Å². The molecule has 0 bridgehead atoms. The third kappa shape index (κ3) is 3.10. The molecule has 0 aliphatic heterocycles. The van der Waals surface area contributed by atoms with Gasteiger partial charge in [-0.05, 0) is 18.9 Å². The summed E-state index contributed by atoms with van der Waals surface area (Å²) in [4.78, 5) is 11.1. The molecule has 6 heteroatoms. The summed E-state index contributed by atoms with van der Waals surface area (Å²) in [6.07, 6.45) is 4.06. The second-order valence-corrected chi connectivity index (χ2v) is 4.46. The van der Waals surface area contributed by atoms with Crippen LogP contribution in [0.3, 0.4) is 0 Å². The van der Waals surface area contributed by atoms with Crippen LogP contribution >= 0.6 is 12.2 Å². The Bertz CT molecular complexity index is 408. The Balaban J connectivity index is 2.16. The van der Waals surface area contributed by atoms with E-state index < -0.39 is 0 Å². The molecule has 0 spiro atoms. The van der Waals surface area contributed by atoms with Crippen molar-refractivity contribution in [2.45, 2.75) is 18.9 Å². The van der Waals surface area contributed by atoms with Crippen LogP contribution in [0.2, 0.25) is 0 Å². The number of nitrogens with two attached hydrogens (primary N) is 1. The minimum Gasteiger partial charge on any atom is -0.388 e. The monoisotopic (exact) mass is 252 g/mol. The summed E-state index contributed by atoms with van der Waals surface area (Å²) < 4.78 is 5.10. The van der Waals surface area contributed by atoms with E-state index in [-0.39, 0.29) is 0 Å². The van der Waals surface area contributed by atoms with E-state index >= 15 is 0 Å². The lowest BCUT2D eigenvalue weighted by Crippen LogP contribution is -2.31. The highest BCUT2D eigenvalue weighted by atomic mass is 32.1. The van der Waals surface area contributed by atoms with E-state index in [0.717, 1.165) is 6.54 Å². The van der Waals surface area contributed by atoms with Crippen molar-refractivity contribution in [3.8, 4) is 0 Å². The van der Waals surface area contributed by atoms with E-state index in [1.54, 1.807) is 19.4 Å². The number of aromatic nitrogens is 2. The van der Waals surface area contributed by atoms with E-state index in [1.807, 2.05) is 0 Å². The van der Waals surface area contributed by atoms with Crippen molar-refractivity contribution in [1.29, 1.82) is 0 Å². The van der Waals surface area contributed by atoms with Gasteiger partial charge in [-0.1, -0.05) is 12.2 Å². The second-order valence-electron chi connectivity index (χ2n) is 4.02. The summed E-state index contributed by atoms with van der Waals surface area (Å²) in [6.45, 7) is 1.46. The molecule has 1 heterocycles. The maximum atomic E-state index is 5.57. The van der Waals surface area contributed by atoms with Crippen molar-refractivity contribution in [2.24, 2.45) is 5.73 Å². The highest BCUT2D eigenvalue weighted by Crippen LogP contribution is 2.29. The smallest absolute Gasteiger partial charge is 0.226 e. The molecule has 0 radical (unpaired) electrons. The summed E-state index contributed by atoms with van der Waals surface area (Å²) in [5.41, 5.74) is 6.19. The quantitative estimate of drug-likeness (QED) is 0.753. The zero-order valence-electron chi connectivity index (χ0n) is 9.80. The fraction of sp³-hybridized carbons (Fsp3) is 0.545. The van der Waals surface area contributed by atoms with Gasteiger partial charge in [0.15, 0.2) is 0 Å². The average molecular weight is 252 g/mol. The largest absolute Gasteiger partial charge is 0.388 e. The van der Waals surface area contributed by atoms with Gasteiger partial charge in [-0.2, -0.15) is 0 Å². The number of hydrogen-bond acceptors (Lipinski definition) is 5. The Morgan fingerprint density at radius 3 is 3.00 bits per heavy atom. The number of rotatable bonds is 6. The van der Waals surface area contributed by atoms with Gasteiger partial charge in [0.25, 0.3) is 0 Å². The van der Waals surface area contributed by atoms with Crippen molar-refractivity contribution in [1.82, 2.24) is 9.97 Å². The zero-order chi connectivity index (χ0) is 12.3. The Kier molecular flexibility index (Phi) is 3.86. The lowest BCUT2D eigenvalue weighted by atomic mass is 10.4. The second kappa shape index (κ2) is 5.37. The molecule has 5 nitrogen and oxygen atoms in total. The Labute approximate surface area is 106 Å². The van der Waals surface area contributed by atoms with Crippen LogP contribution in [0.5, 0.6) is 0 Å². The topological polar surface area (TPSA) is 64.3 Å². The van der Waals surface area contributed by atoms with Gasteiger partial charge in [0.1, 0.15) is 10.7 Å². The molecular weight excluding hydrogens is 236 g/mol. The number of ether oxygens (including phenoxy) is 1. The summed E-state index contributed by atoms with van der Waals surface area (Å²) in [7, 11) is 1.69. The molecule has 1 aliphatic rings. The number of anilines is 1. The number of hydrogen-bond donors (Lipinski definition) is 1. The molecule has 0 atom stereocenters. The first-order chi connectivity index (χ1) is 8.22. The predicted molar refractivity (Wildman–Crippen MR) is 70.2 cm³/mol. The molecule has 0 unspecified atom stereocenters. The summed E-state index contributed by atoms with van der Waals surface area (Å²) >= 11 is 4.92. The minimum atomic E-state index is 0.302. The van der Waals surface area contributed by atoms with Gasteiger partial charge in [-0.25, -0.2) is 9.97 Å². The van der Waals surface area contributed by atoms with Crippen LogP contribution in [0, 0.1) is 0 Å². The molecule has 0 saturated heterocycles. The summed E-state index contributed by atoms with van der Waals surface area (Å²) in [5, 5.41) is 0. The van der Waals surface area contributed by atoms with Crippen LogP contribution in [0.15, 0.2) is 12.3 Å². The lowest BCUT2D eigenvalue weighted by Gasteiger charge is -2.21. The lowest BCUT2D eigenvalue weighted by molar-refractivity contribution is 0.204. The Hall–Kier alpha value is -1.27. The number of methoxy groups -OCH3 is 1. The first-order valence-corrected chi connectivity index (χ1v) is 6.01. The fourth-order valence-corrected chi connectivity index (χ4v) is 1.76. The van der Waals surface area contributed by atoms with Gasteiger partial charge >= 0.3 is 0 Å². The van der Waals surface area contributed by atoms with Crippen LogP contribution in [-0.4, -0.2) is 41.3 Å². The SMILES string of the molecule is COCCN(c1nccc(C(N)=S)n1)C1CC1. The maximum Gasteiger partial charge on any atom is 0.226 e. The van der Waals surface area contributed by atoms with E-state index in [1.165, 1.54) is 12.8 Å². The number of nitrogens with zero attached hydrogens (tertiary/aromatic N) is 3. The molecule has 1 aliphatic carbocycles. The normalized spacial score (nSPS) is 14.6. The molecule has 1 saturated carbocycles. The molecule has 2 N–H and O–H groups in total. The van der Waals surface area contributed by atoms with Crippen molar-refractivity contribution in [3.05, 3.63) is 18.0 Å². The van der Waals surface area contributed by atoms with E-state index in [0.29, 0.717) is 29.3 Å². The van der Waals surface area contributed by atoms with Crippen LogP contribution in [0.4, 0.5) is 5.95 Å². The molecule has 0 amide bonds. The first kappa shape index (κ1) is 12.2. The molecule has 17 heavy (non-hydrogen) atoms. The highest BCUT2D eigenvalue weighted by Gasteiger charge is 2.30. The molecule has 92 valence electrons. The maximum absolute atomic E-state index is 5.57. The Morgan fingerprint density at radius 2 is 2.41 bits per heavy atom. The predicted octanol–water partition coefficient (Wildman–Crippen LogP) is 0.726. The van der Waals surface area contributed by atoms with E-state index in [2.05, 4.69) is 14.9 Å². The van der Waals surface area contributed by atoms with Gasteiger partial charge in [0, 0.05) is 25.9 Å². The third-order valence-electron chi connectivity index (χ3n) is 2.68. The average Bonchev–Trinajstić information content (AvgIpc) is 3.14. The number of thiocarbonyl (C=S) groups is 1. The van der Waals surface area contributed by atoms with Crippen molar-refractivity contribution >= 4 is 23.2 Å². The molecule has 1 fully saturated rings. The van der Waals surface area contributed by atoms with Gasteiger partial charge in [0.2, 0.25) is 5.95 Å². The summed E-state index contributed by atoms with van der Waals surface area (Å²) in [5.74, 6) is 0.690. The molecular formula is C11H16N4OS. The fourth-order valence-electron chi connectivity index (χ4n) is 1.65. The molecule has 1 aromatic rings. The van der Waals surface area contributed by atoms with E-state index in [4.69, 9.17) is 22.7 Å².